The number of hydrogen-bond acceptors (Lipinski definition) is 1. The highest BCUT2D eigenvalue weighted by Gasteiger charge is 2.38. The van der Waals surface area contributed by atoms with Crippen LogP contribution in [-0.4, -0.2) is 6.04 Å². The van der Waals surface area contributed by atoms with Crippen LogP contribution in [0.1, 0.15) is 48.0 Å². The van der Waals surface area contributed by atoms with Crippen molar-refractivity contribution in [1.29, 1.82) is 0 Å². The summed E-state index contributed by atoms with van der Waals surface area (Å²) < 4.78 is 0. The van der Waals surface area contributed by atoms with E-state index in [2.05, 4.69) is 59.1 Å². The van der Waals surface area contributed by atoms with E-state index >= 15 is 0 Å². The molecule has 1 rings (SSSR count). The molecule has 0 radical (unpaired) electrons. The largest absolute Gasteiger partial charge is 0.388 e. The van der Waals surface area contributed by atoms with Crippen LogP contribution < -0.4 is 5.32 Å². The topological polar surface area (TPSA) is 12.0 Å². The van der Waals surface area contributed by atoms with Crippen LogP contribution in [0, 0.1) is 16.7 Å². The summed E-state index contributed by atoms with van der Waals surface area (Å²) in [6, 6.07) is 0.590. The highest BCUT2D eigenvalue weighted by Crippen LogP contribution is 2.39. The van der Waals surface area contributed by atoms with Crippen LogP contribution >= 0.6 is 0 Å². The van der Waals surface area contributed by atoms with Gasteiger partial charge in [-0.05, 0) is 29.4 Å². The maximum atomic E-state index is 3.54. The molecule has 0 amide bonds. The second kappa shape index (κ2) is 3.60. The van der Waals surface area contributed by atoms with Crippen LogP contribution in [0.2, 0.25) is 0 Å². The fourth-order valence-electron chi connectivity index (χ4n) is 2.35. The van der Waals surface area contributed by atoms with Gasteiger partial charge in [0.15, 0.2) is 0 Å². The van der Waals surface area contributed by atoms with Crippen molar-refractivity contribution in [2.75, 3.05) is 0 Å². The van der Waals surface area contributed by atoms with Crippen molar-refractivity contribution >= 4 is 0 Å². The van der Waals surface area contributed by atoms with Gasteiger partial charge in [-0.15, -0.1) is 0 Å². The lowest BCUT2D eigenvalue weighted by molar-refractivity contribution is 0.107. The monoisotopic (exact) mass is 195 g/mol. The molecule has 0 aliphatic carbocycles. The lowest BCUT2D eigenvalue weighted by Crippen LogP contribution is -2.49. The molecule has 2 atom stereocenters. The van der Waals surface area contributed by atoms with Gasteiger partial charge in [0.1, 0.15) is 0 Å². The van der Waals surface area contributed by atoms with E-state index in [9.17, 15) is 0 Å². The van der Waals surface area contributed by atoms with Gasteiger partial charge in [-0.2, -0.15) is 0 Å². The summed E-state index contributed by atoms with van der Waals surface area (Å²) in [4.78, 5) is 0. The molecule has 1 heteroatoms. The zero-order chi connectivity index (χ0) is 11.0. The minimum atomic E-state index is 0.336. The van der Waals surface area contributed by atoms with E-state index in [1.165, 1.54) is 6.42 Å². The van der Waals surface area contributed by atoms with E-state index in [1.54, 1.807) is 0 Å². The first-order valence-corrected chi connectivity index (χ1v) is 5.64. The predicted molar refractivity (Wildman–Crippen MR) is 63.1 cm³/mol. The summed E-state index contributed by atoms with van der Waals surface area (Å²) in [5.74, 6) is 0.729. The molecule has 0 bridgehead atoms. The molecule has 0 fully saturated rings. The van der Waals surface area contributed by atoms with Gasteiger partial charge in [0.05, 0.1) is 0 Å². The smallest absolute Gasteiger partial charge is 0.0340 e. The van der Waals surface area contributed by atoms with Gasteiger partial charge in [-0.3, -0.25) is 0 Å². The Morgan fingerprint density at radius 3 is 1.93 bits per heavy atom. The molecule has 0 aromatic rings. The lowest BCUT2D eigenvalue weighted by atomic mass is 9.66. The van der Waals surface area contributed by atoms with Crippen LogP contribution in [0.4, 0.5) is 0 Å². The molecule has 1 heterocycles. The third kappa shape index (κ3) is 2.52. The molecule has 0 aromatic carbocycles. The van der Waals surface area contributed by atoms with Crippen LogP contribution in [0.25, 0.3) is 0 Å². The Hall–Kier alpha value is -0.460. The van der Waals surface area contributed by atoms with Gasteiger partial charge in [0, 0.05) is 6.04 Å². The van der Waals surface area contributed by atoms with E-state index < -0.39 is 0 Å². The highest BCUT2D eigenvalue weighted by atomic mass is 14.9. The number of hydrogen-bond donors (Lipinski definition) is 1. The maximum Gasteiger partial charge on any atom is 0.0340 e. The van der Waals surface area contributed by atoms with E-state index in [0.29, 0.717) is 16.9 Å². The molecular formula is C13H25N. The summed E-state index contributed by atoms with van der Waals surface area (Å²) in [6.07, 6.45) is 5.59. The average molecular weight is 195 g/mol. The van der Waals surface area contributed by atoms with Crippen molar-refractivity contribution in [3.8, 4) is 0 Å². The Balaban J connectivity index is 2.87. The van der Waals surface area contributed by atoms with Gasteiger partial charge in [0.2, 0.25) is 0 Å². The fourth-order valence-corrected chi connectivity index (χ4v) is 2.35. The minimum Gasteiger partial charge on any atom is -0.388 e. The van der Waals surface area contributed by atoms with E-state index in [0.717, 1.165) is 5.92 Å². The second-order valence-electron chi connectivity index (χ2n) is 6.62. The Bertz CT molecular complexity index is 190. The molecule has 1 aliphatic rings. The molecule has 82 valence electrons. The number of nitrogens with one attached hydrogen (secondary N) is 1. The summed E-state index contributed by atoms with van der Waals surface area (Å²) in [5, 5.41) is 3.54. The first-order valence-electron chi connectivity index (χ1n) is 5.64. The molecule has 0 saturated heterocycles. The quantitative estimate of drug-likeness (QED) is 0.623. The summed E-state index contributed by atoms with van der Waals surface area (Å²) in [7, 11) is 0. The minimum absolute atomic E-state index is 0.336. The lowest BCUT2D eigenvalue weighted by Gasteiger charge is -2.45. The van der Waals surface area contributed by atoms with E-state index in [-0.39, 0.29) is 0 Å². The van der Waals surface area contributed by atoms with Gasteiger partial charge < -0.3 is 5.32 Å². The maximum absolute atomic E-state index is 3.54. The van der Waals surface area contributed by atoms with Crippen LogP contribution in [0.5, 0.6) is 0 Å². The zero-order valence-electron chi connectivity index (χ0n) is 10.5. The van der Waals surface area contributed by atoms with Crippen molar-refractivity contribution in [2.24, 2.45) is 16.7 Å². The Morgan fingerprint density at radius 2 is 1.57 bits per heavy atom. The third-order valence-corrected chi connectivity index (χ3v) is 3.23. The molecule has 1 nitrogen and oxygen atoms in total. The second-order valence-corrected chi connectivity index (χ2v) is 6.62. The average Bonchev–Trinajstić information content (AvgIpc) is 2.01. The summed E-state index contributed by atoms with van der Waals surface area (Å²) in [5.41, 5.74) is 0.721. The predicted octanol–water partition coefficient (Wildman–Crippen LogP) is 3.57. The first kappa shape index (κ1) is 11.6. The molecule has 0 aromatic heterocycles. The first-order chi connectivity index (χ1) is 6.23. The standard InChI is InChI=1S/C13H25N/c1-12(2,3)10-8-7-9-14-11(10)13(4,5)6/h7,9-11,14H,8H2,1-6H3. The highest BCUT2D eigenvalue weighted by molar-refractivity contribution is 5.02. The van der Waals surface area contributed by atoms with Gasteiger partial charge in [-0.1, -0.05) is 47.6 Å². The SMILES string of the molecule is CC(C)(C)C1CC=CNC1C(C)(C)C. The van der Waals surface area contributed by atoms with Gasteiger partial charge in [0.25, 0.3) is 0 Å². The van der Waals surface area contributed by atoms with Crippen molar-refractivity contribution in [3.63, 3.8) is 0 Å². The summed E-state index contributed by atoms with van der Waals surface area (Å²) >= 11 is 0. The molecule has 2 unspecified atom stereocenters. The van der Waals surface area contributed by atoms with E-state index in [1.807, 2.05) is 0 Å². The molecule has 1 aliphatic heterocycles. The van der Waals surface area contributed by atoms with Crippen LogP contribution in [0.3, 0.4) is 0 Å². The van der Waals surface area contributed by atoms with Crippen molar-refractivity contribution in [3.05, 3.63) is 12.3 Å². The molecule has 1 N–H and O–H groups in total. The summed E-state index contributed by atoms with van der Waals surface area (Å²) in [6.45, 7) is 14.0. The van der Waals surface area contributed by atoms with Crippen molar-refractivity contribution < 1.29 is 0 Å². The number of rotatable bonds is 0. The zero-order valence-corrected chi connectivity index (χ0v) is 10.5. The molecule has 0 saturated carbocycles. The van der Waals surface area contributed by atoms with Crippen molar-refractivity contribution in [1.82, 2.24) is 5.32 Å². The molecule has 14 heavy (non-hydrogen) atoms. The molecule has 0 spiro atoms. The normalized spacial score (nSPS) is 28.7. The fraction of sp³-hybridized carbons (Fsp3) is 0.846. The Labute approximate surface area is 89.0 Å². The van der Waals surface area contributed by atoms with Gasteiger partial charge in [-0.25, -0.2) is 0 Å². The Morgan fingerprint density at radius 1 is 1.00 bits per heavy atom. The Kier molecular flexibility index (Phi) is 2.99. The number of allylic oxidation sites excluding steroid dienone is 1. The van der Waals surface area contributed by atoms with Gasteiger partial charge >= 0.3 is 0 Å². The van der Waals surface area contributed by atoms with Crippen molar-refractivity contribution in [2.45, 2.75) is 54.0 Å². The van der Waals surface area contributed by atoms with Crippen LogP contribution in [-0.2, 0) is 0 Å². The van der Waals surface area contributed by atoms with E-state index in [4.69, 9.17) is 0 Å². The van der Waals surface area contributed by atoms with Crippen LogP contribution in [0.15, 0.2) is 12.3 Å². The third-order valence-electron chi connectivity index (χ3n) is 3.23. The molecular weight excluding hydrogens is 170 g/mol.